The van der Waals surface area contributed by atoms with Crippen molar-refractivity contribution in [2.45, 2.75) is 32.3 Å². The summed E-state index contributed by atoms with van der Waals surface area (Å²) in [5.74, 6) is 1.03. The SMILES string of the molecule is COc1cccc(OC)c1C(=O)Nc1ccc2c(c1)N(CCN1CCCCC1)C(=O)C(C)O2. The van der Waals surface area contributed by atoms with Crippen LogP contribution in [-0.2, 0) is 4.79 Å². The van der Waals surface area contributed by atoms with Crippen molar-refractivity contribution in [1.29, 1.82) is 0 Å². The quantitative estimate of drug-likeness (QED) is 0.691. The summed E-state index contributed by atoms with van der Waals surface area (Å²) in [6.45, 7) is 5.29. The Bertz CT molecular complexity index is 997. The zero-order valence-corrected chi connectivity index (χ0v) is 19.4. The topological polar surface area (TPSA) is 80.3 Å². The van der Waals surface area contributed by atoms with Gasteiger partial charge in [-0.1, -0.05) is 12.5 Å². The molecule has 0 aromatic heterocycles. The lowest BCUT2D eigenvalue weighted by Gasteiger charge is -2.35. The maximum atomic E-state index is 13.1. The minimum Gasteiger partial charge on any atom is -0.496 e. The second kappa shape index (κ2) is 10.1. The number of methoxy groups -OCH3 is 2. The minimum absolute atomic E-state index is 0.0746. The third-order valence-electron chi connectivity index (χ3n) is 6.17. The number of fused-ring (bicyclic) bond motifs is 1. The Morgan fingerprint density at radius 2 is 1.76 bits per heavy atom. The molecule has 2 heterocycles. The molecule has 0 saturated carbocycles. The van der Waals surface area contributed by atoms with Crippen molar-refractivity contribution in [3.8, 4) is 17.2 Å². The normalized spacial score (nSPS) is 18.3. The molecule has 1 atom stereocenters. The Morgan fingerprint density at radius 3 is 2.42 bits per heavy atom. The highest BCUT2D eigenvalue weighted by molar-refractivity contribution is 6.09. The largest absolute Gasteiger partial charge is 0.496 e. The smallest absolute Gasteiger partial charge is 0.267 e. The van der Waals surface area contributed by atoms with Gasteiger partial charge < -0.3 is 29.3 Å². The zero-order chi connectivity index (χ0) is 23.4. The van der Waals surface area contributed by atoms with Gasteiger partial charge in [-0.3, -0.25) is 9.59 Å². The predicted octanol–water partition coefficient (Wildman–Crippen LogP) is 3.56. The van der Waals surface area contributed by atoms with Crippen LogP contribution in [0.5, 0.6) is 17.2 Å². The molecule has 0 aliphatic carbocycles. The van der Waals surface area contributed by atoms with Crippen molar-refractivity contribution < 1.29 is 23.8 Å². The average Bonchev–Trinajstić information content (AvgIpc) is 2.84. The van der Waals surface area contributed by atoms with Gasteiger partial charge in [-0.15, -0.1) is 0 Å². The molecular formula is C25H31N3O5. The van der Waals surface area contributed by atoms with Gasteiger partial charge in [0.1, 0.15) is 22.8 Å². The van der Waals surface area contributed by atoms with Crippen molar-refractivity contribution in [1.82, 2.24) is 4.90 Å². The molecule has 1 fully saturated rings. The van der Waals surface area contributed by atoms with Crippen LogP contribution in [0.1, 0.15) is 36.5 Å². The van der Waals surface area contributed by atoms with Gasteiger partial charge in [0.15, 0.2) is 6.10 Å². The van der Waals surface area contributed by atoms with Gasteiger partial charge in [-0.05, 0) is 63.2 Å². The van der Waals surface area contributed by atoms with Crippen LogP contribution >= 0.6 is 0 Å². The Labute approximate surface area is 194 Å². The van der Waals surface area contributed by atoms with Crippen LogP contribution in [-0.4, -0.2) is 63.2 Å². The molecule has 8 heteroatoms. The second-order valence-electron chi connectivity index (χ2n) is 8.33. The van der Waals surface area contributed by atoms with E-state index in [4.69, 9.17) is 14.2 Å². The molecule has 2 aromatic carbocycles. The van der Waals surface area contributed by atoms with E-state index in [0.29, 0.717) is 40.7 Å². The number of hydrogen-bond donors (Lipinski definition) is 1. The number of likely N-dealkylation sites (tertiary alicyclic amines) is 1. The van der Waals surface area contributed by atoms with Gasteiger partial charge in [0.2, 0.25) is 0 Å². The van der Waals surface area contributed by atoms with E-state index in [-0.39, 0.29) is 11.8 Å². The zero-order valence-electron chi connectivity index (χ0n) is 19.4. The van der Waals surface area contributed by atoms with E-state index in [0.717, 1.165) is 19.6 Å². The number of benzene rings is 2. The first-order valence-corrected chi connectivity index (χ1v) is 11.4. The highest BCUT2D eigenvalue weighted by Gasteiger charge is 2.32. The summed E-state index contributed by atoms with van der Waals surface area (Å²) in [7, 11) is 3.02. The molecule has 0 spiro atoms. The molecule has 1 N–H and O–H groups in total. The summed E-state index contributed by atoms with van der Waals surface area (Å²) in [5, 5.41) is 2.91. The van der Waals surface area contributed by atoms with Crippen LogP contribution in [0.4, 0.5) is 11.4 Å². The monoisotopic (exact) mass is 453 g/mol. The molecular weight excluding hydrogens is 422 g/mol. The molecule has 33 heavy (non-hydrogen) atoms. The Balaban J connectivity index is 1.57. The molecule has 0 bridgehead atoms. The minimum atomic E-state index is -0.544. The van der Waals surface area contributed by atoms with Crippen LogP contribution in [0.3, 0.4) is 0 Å². The standard InChI is InChI=1S/C25H31N3O5/c1-17-25(30)28(15-14-27-12-5-4-6-13-27)19-16-18(10-11-20(19)33-17)26-24(29)23-21(31-2)8-7-9-22(23)32-3/h7-11,16-17H,4-6,12-15H2,1-3H3,(H,26,29). The van der Waals surface area contributed by atoms with Gasteiger partial charge in [0.05, 0.1) is 19.9 Å². The number of nitrogens with zero attached hydrogens (tertiary/aromatic N) is 2. The fourth-order valence-corrected chi connectivity index (χ4v) is 4.41. The highest BCUT2D eigenvalue weighted by atomic mass is 16.5. The molecule has 4 rings (SSSR count). The molecule has 2 aliphatic rings. The van der Waals surface area contributed by atoms with Crippen molar-refractivity contribution >= 4 is 23.2 Å². The number of rotatable bonds is 7. The first-order valence-electron chi connectivity index (χ1n) is 11.4. The number of hydrogen-bond acceptors (Lipinski definition) is 6. The fourth-order valence-electron chi connectivity index (χ4n) is 4.41. The average molecular weight is 454 g/mol. The summed E-state index contributed by atoms with van der Waals surface area (Å²) in [6, 6.07) is 10.5. The van der Waals surface area contributed by atoms with Gasteiger partial charge in [-0.25, -0.2) is 0 Å². The van der Waals surface area contributed by atoms with Crippen molar-refractivity contribution in [3.05, 3.63) is 42.0 Å². The molecule has 176 valence electrons. The number of carbonyl (C=O) groups is 2. The molecule has 2 amide bonds. The van der Waals surface area contributed by atoms with Gasteiger partial charge in [-0.2, -0.15) is 0 Å². The van der Waals surface area contributed by atoms with Crippen molar-refractivity contribution in [2.24, 2.45) is 0 Å². The number of piperidine rings is 1. The number of ether oxygens (including phenoxy) is 3. The summed E-state index contributed by atoms with van der Waals surface area (Å²) in [5.41, 5.74) is 1.53. The van der Waals surface area contributed by atoms with Gasteiger partial charge in [0, 0.05) is 18.8 Å². The molecule has 8 nitrogen and oxygen atoms in total. The van der Waals surface area contributed by atoms with E-state index in [9.17, 15) is 9.59 Å². The summed E-state index contributed by atoms with van der Waals surface area (Å²) in [6.07, 6.45) is 3.13. The third-order valence-corrected chi connectivity index (χ3v) is 6.17. The Hall–Kier alpha value is -3.26. The molecule has 0 radical (unpaired) electrons. The van der Waals surface area contributed by atoms with Crippen molar-refractivity contribution in [2.75, 3.05) is 50.6 Å². The number of anilines is 2. The summed E-state index contributed by atoms with van der Waals surface area (Å²) in [4.78, 5) is 30.2. The first-order chi connectivity index (χ1) is 16.0. The van der Waals surface area contributed by atoms with Crippen LogP contribution in [0, 0.1) is 0 Å². The molecule has 1 unspecified atom stereocenters. The Kier molecular flexibility index (Phi) is 7.03. The van der Waals surface area contributed by atoms with Gasteiger partial charge in [0.25, 0.3) is 11.8 Å². The van der Waals surface area contributed by atoms with Crippen LogP contribution in [0.2, 0.25) is 0 Å². The maximum absolute atomic E-state index is 13.1. The fraction of sp³-hybridized carbons (Fsp3) is 0.440. The number of amides is 2. The Morgan fingerprint density at radius 1 is 1.06 bits per heavy atom. The lowest BCUT2D eigenvalue weighted by molar-refractivity contribution is -0.125. The van der Waals surface area contributed by atoms with Gasteiger partial charge >= 0.3 is 0 Å². The van der Waals surface area contributed by atoms with E-state index in [1.54, 1.807) is 48.2 Å². The highest BCUT2D eigenvalue weighted by Crippen LogP contribution is 2.37. The van der Waals surface area contributed by atoms with E-state index < -0.39 is 6.10 Å². The number of carbonyl (C=O) groups excluding carboxylic acids is 2. The van der Waals surface area contributed by atoms with E-state index in [2.05, 4.69) is 10.2 Å². The molecule has 2 aromatic rings. The van der Waals surface area contributed by atoms with Crippen LogP contribution in [0.15, 0.2) is 36.4 Å². The number of nitrogens with one attached hydrogen (secondary N) is 1. The predicted molar refractivity (Wildman–Crippen MR) is 127 cm³/mol. The van der Waals surface area contributed by atoms with E-state index in [1.807, 2.05) is 0 Å². The lowest BCUT2D eigenvalue weighted by atomic mass is 10.1. The first kappa shape index (κ1) is 22.9. The summed E-state index contributed by atoms with van der Waals surface area (Å²) < 4.78 is 16.5. The maximum Gasteiger partial charge on any atom is 0.267 e. The van der Waals surface area contributed by atoms with E-state index >= 15 is 0 Å². The van der Waals surface area contributed by atoms with E-state index in [1.165, 1.54) is 33.5 Å². The summed E-state index contributed by atoms with van der Waals surface area (Å²) >= 11 is 0. The van der Waals surface area contributed by atoms with Crippen LogP contribution < -0.4 is 24.4 Å². The van der Waals surface area contributed by atoms with Crippen LogP contribution in [0.25, 0.3) is 0 Å². The molecule has 1 saturated heterocycles. The van der Waals surface area contributed by atoms with Crippen molar-refractivity contribution in [3.63, 3.8) is 0 Å². The third kappa shape index (κ3) is 4.90. The molecule has 2 aliphatic heterocycles. The lowest BCUT2D eigenvalue weighted by Crippen LogP contribution is -2.48. The second-order valence-corrected chi connectivity index (χ2v) is 8.33.